The zero-order valence-electron chi connectivity index (χ0n) is 13.9. The molecule has 1 fully saturated rings. The maximum absolute atomic E-state index is 12.7. The number of amides is 1. The fraction of sp³-hybridized carbons (Fsp3) is 0.412. The molecular weight excluding hydrogens is 383 g/mol. The zero-order chi connectivity index (χ0) is 17.1. The monoisotopic (exact) mass is 402 g/mol. The van der Waals surface area contributed by atoms with Gasteiger partial charge in [0, 0.05) is 45.5 Å². The van der Waals surface area contributed by atoms with Gasteiger partial charge in [-0.2, -0.15) is 0 Å². The number of nitrogens with zero attached hydrogens (tertiary/aromatic N) is 3. The minimum absolute atomic E-state index is 0. The van der Waals surface area contributed by atoms with Crippen molar-refractivity contribution in [1.82, 2.24) is 19.8 Å². The number of piperazine rings is 1. The number of benzene rings is 1. The van der Waals surface area contributed by atoms with E-state index in [1.54, 1.807) is 12.3 Å². The largest absolute Gasteiger partial charge is 0.336 e. The predicted molar refractivity (Wildman–Crippen MR) is 103 cm³/mol. The molecule has 1 N–H and O–H groups in total. The van der Waals surface area contributed by atoms with Crippen LogP contribution in [0.1, 0.15) is 23.9 Å². The lowest BCUT2D eigenvalue weighted by molar-refractivity contribution is -0.134. The van der Waals surface area contributed by atoms with Crippen molar-refractivity contribution in [3.8, 4) is 0 Å². The van der Waals surface area contributed by atoms with Gasteiger partial charge in [0.25, 0.3) is 0 Å². The summed E-state index contributed by atoms with van der Waals surface area (Å²) in [6.07, 6.45) is 4.76. The smallest absolute Gasteiger partial charge is 0.223 e. The normalized spacial score (nSPS) is 17.2. The van der Waals surface area contributed by atoms with Crippen LogP contribution in [0.2, 0.25) is 10.0 Å². The minimum atomic E-state index is -0.0277. The van der Waals surface area contributed by atoms with Crippen LogP contribution in [-0.4, -0.2) is 40.0 Å². The number of aryl methyl sites for hydroxylation is 2. The maximum atomic E-state index is 12.7. The number of hydrogen-bond donors (Lipinski definition) is 1. The molecule has 136 valence electrons. The average molecular weight is 404 g/mol. The number of rotatable bonds is 4. The van der Waals surface area contributed by atoms with Crippen molar-refractivity contribution in [1.29, 1.82) is 0 Å². The Balaban J connectivity index is 0.00000225. The van der Waals surface area contributed by atoms with Gasteiger partial charge in [0.2, 0.25) is 5.91 Å². The number of nitrogens with one attached hydrogen (secondary N) is 1. The molecule has 1 aliphatic rings. The third-order valence-corrected chi connectivity index (χ3v) is 5.07. The fourth-order valence-corrected chi connectivity index (χ4v) is 3.34. The van der Waals surface area contributed by atoms with E-state index >= 15 is 0 Å². The lowest BCUT2D eigenvalue weighted by Crippen LogP contribution is -2.49. The highest BCUT2D eigenvalue weighted by Crippen LogP contribution is 2.24. The van der Waals surface area contributed by atoms with Crippen LogP contribution >= 0.6 is 35.6 Å². The van der Waals surface area contributed by atoms with Crippen molar-refractivity contribution in [2.75, 3.05) is 19.6 Å². The van der Waals surface area contributed by atoms with Crippen LogP contribution in [0, 0.1) is 0 Å². The van der Waals surface area contributed by atoms with Crippen molar-refractivity contribution >= 4 is 41.5 Å². The molecule has 1 saturated heterocycles. The summed E-state index contributed by atoms with van der Waals surface area (Å²) in [4.78, 5) is 19.1. The Hall–Kier alpha value is -1.27. The Kier molecular flexibility index (Phi) is 7.14. The highest BCUT2D eigenvalue weighted by atomic mass is 35.5. The molecule has 0 saturated carbocycles. The van der Waals surface area contributed by atoms with Crippen LogP contribution in [0.3, 0.4) is 0 Å². The van der Waals surface area contributed by atoms with Gasteiger partial charge in [-0.1, -0.05) is 29.3 Å². The summed E-state index contributed by atoms with van der Waals surface area (Å²) < 4.78 is 1.97. The molecule has 0 aliphatic carbocycles. The van der Waals surface area contributed by atoms with Crippen LogP contribution in [0.25, 0.3) is 0 Å². The summed E-state index contributed by atoms with van der Waals surface area (Å²) in [5.74, 6) is 1.04. The first-order valence-corrected chi connectivity index (χ1v) is 8.73. The third-order valence-electron chi connectivity index (χ3n) is 4.33. The van der Waals surface area contributed by atoms with Gasteiger partial charge in [-0.25, -0.2) is 4.98 Å². The minimum Gasteiger partial charge on any atom is -0.336 e. The summed E-state index contributed by atoms with van der Waals surface area (Å²) in [6.45, 7) is 2.22. The Bertz CT molecular complexity index is 734. The average Bonchev–Trinajstić information content (AvgIpc) is 3.01. The molecule has 1 unspecified atom stereocenters. The SMILES string of the molecule is Cl.Cn1ccnc1C1CNCCN1C(=O)CCc1ccc(Cl)c(Cl)c1. The van der Waals surface area contributed by atoms with Crippen molar-refractivity contribution < 1.29 is 4.79 Å². The molecular formula is C17H21Cl3N4O. The Morgan fingerprint density at radius 1 is 1.36 bits per heavy atom. The van der Waals surface area contributed by atoms with Gasteiger partial charge in [-0.15, -0.1) is 12.4 Å². The molecule has 0 radical (unpaired) electrons. The first-order chi connectivity index (χ1) is 11.6. The number of carbonyl (C=O) groups excluding carboxylic acids is 1. The topological polar surface area (TPSA) is 50.2 Å². The van der Waals surface area contributed by atoms with Crippen molar-refractivity contribution in [3.05, 3.63) is 52.0 Å². The third kappa shape index (κ3) is 4.67. The van der Waals surface area contributed by atoms with Gasteiger partial charge < -0.3 is 14.8 Å². The van der Waals surface area contributed by atoms with Crippen LogP contribution < -0.4 is 5.32 Å². The van der Waals surface area contributed by atoms with Gasteiger partial charge >= 0.3 is 0 Å². The molecule has 0 bridgehead atoms. The van der Waals surface area contributed by atoms with Crippen molar-refractivity contribution in [2.24, 2.45) is 7.05 Å². The van der Waals surface area contributed by atoms with Gasteiger partial charge in [-0.05, 0) is 24.1 Å². The zero-order valence-corrected chi connectivity index (χ0v) is 16.2. The highest BCUT2D eigenvalue weighted by molar-refractivity contribution is 6.42. The fourth-order valence-electron chi connectivity index (χ4n) is 3.02. The van der Waals surface area contributed by atoms with E-state index in [4.69, 9.17) is 23.2 Å². The van der Waals surface area contributed by atoms with Crippen molar-refractivity contribution in [2.45, 2.75) is 18.9 Å². The first kappa shape index (κ1) is 20.0. The molecule has 2 aromatic rings. The summed E-state index contributed by atoms with van der Waals surface area (Å²) in [5.41, 5.74) is 1.02. The molecule has 5 nitrogen and oxygen atoms in total. The molecule has 1 aliphatic heterocycles. The van der Waals surface area contributed by atoms with E-state index in [-0.39, 0.29) is 24.4 Å². The quantitative estimate of drug-likeness (QED) is 0.852. The van der Waals surface area contributed by atoms with E-state index in [9.17, 15) is 4.79 Å². The molecule has 1 atom stereocenters. The van der Waals surface area contributed by atoms with E-state index in [2.05, 4.69) is 10.3 Å². The molecule has 1 aromatic heterocycles. The second-order valence-electron chi connectivity index (χ2n) is 5.95. The first-order valence-electron chi connectivity index (χ1n) is 7.97. The van der Waals surface area contributed by atoms with Gasteiger partial charge in [0.15, 0.2) is 0 Å². The molecule has 1 aromatic carbocycles. The number of aromatic nitrogens is 2. The maximum Gasteiger partial charge on any atom is 0.223 e. The van der Waals surface area contributed by atoms with Gasteiger partial charge in [-0.3, -0.25) is 4.79 Å². The number of imidazole rings is 1. The number of hydrogen-bond acceptors (Lipinski definition) is 3. The van der Waals surface area contributed by atoms with E-state index in [1.165, 1.54) is 0 Å². The second kappa shape index (κ2) is 8.90. The summed E-state index contributed by atoms with van der Waals surface area (Å²) >= 11 is 12.0. The van der Waals surface area contributed by atoms with E-state index in [1.807, 2.05) is 34.8 Å². The van der Waals surface area contributed by atoms with Crippen LogP contribution in [-0.2, 0) is 18.3 Å². The molecule has 0 spiro atoms. The summed E-state index contributed by atoms with van der Waals surface area (Å²) in [6, 6.07) is 5.48. The Morgan fingerprint density at radius 3 is 2.84 bits per heavy atom. The molecule has 2 heterocycles. The Labute approximate surface area is 163 Å². The van der Waals surface area contributed by atoms with E-state index in [0.717, 1.165) is 24.5 Å². The molecule has 3 rings (SSSR count). The van der Waals surface area contributed by atoms with Crippen LogP contribution in [0.4, 0.5) is 0 Å². The van der Waals surface area contributed by atoms with Crippen LogP contribution in [0.15, 0.2) is 30.6 Å². The molecule has 8 heteroatoms. The van der Waals surface area contributed by atoms with Gasteiger partial charge in [0.1, 0.15) is 11.9 Å². The van der Waals surface area contributed by atoms with Crippen molar-refractivity contribution in [3.63, 3.8) is 0 Å². The molecule has 25 heavy (non-hydrogen) atoms. The van der Waals surface area contributed by atoms with Crippen LogP contribution in [0.5, 0.6) is 0 Å². The van der Waals surface area contributed by atoms with Gasteiger partial charge in [0.05, 0.1) is 10.0 Å². The predicted octanol–water partition coefficient (Wildman–Crippen LogP) is 3.25. The lowest BCUT2D eigenvalue weighted by Gasteiger charge is -2.35. The number of carbonyl (C=O) groups is 1. The van der Waals surface area contributed by atoms with E-state index in [0.29, 0.717) is 29.4 Å². The summed E-state index contributed by atoms with van der Waals surface area (Å²) in [7, 11) is 1.95. The highest BCUT2D eigenvalue weighted by Gasteiger charge is 2.29. The summed E-state index contributed by atoms with van der Waals surface area (Å²) in [5, 5.41) is 4.40. The van der Waals surface area contributed by atoms with E-state index < -0.39 is 0 Å². The second-order valence-corrected chi connectivity index (χ2v) is 6.77. The lowest BCUT2D eigenvalue weighted by atomic mass is 10.1. The Morgan fingerprint density at radius 2 is 2.16 bits per heavy atom. The standard InChI is InChI=1S/C17H20Cl2N4O.ClH/c1-22-8-7-21-17(22)15-11-20-6-9-23(15)16(24)5-3-12-2-4-13(18)14(19)10-12;/h2,4,7-8,10,15,20H,3,5-6,9,11H2,1H3;1H. The molecule has 1 amide bonds. The number of halogens is 3.